The monoisotopic (exact) mass is 440 g/mol. The van der Waals surface area contributed by atoms with Crippen molar-refractivity contribution in [3.63, 3.8) is 0 Å². The molecule has 3 aromatic rings. The number of hydrogen-bond acceptors (Lipinski definition) is 6. The van der Waals surface area contributed by atoms with Gasteiger partial charge in [-0.1, -0.05) is 30.8 Å². The lowest BCUT2D eigenvalue weighted by Gasteiger charge is -2.20. The van der Waals surface area contributed by atoms with E-state index < -0.39 is 6.04 Å². The molecular formula is C23H28N4O3S. The quantitative estimate of drug-likeness (QED) is 0.584. The van der Waals surface area contributed by atoms with E-state index in [1.54, 1.807) is 24.3 Å². The summed E-state index contributed by atoms with van der Waals surface area (Å²) in [5, 5.41) is 11.7. The molecule has 7 nitrogen and oxygen atoms in total. The maximum Gasteiger partial charge on any atom is 0.268 e. The summed E-state index contributed by atoms with van der Waals surface area (Å²) in [6, 6.07) is 6.72. The van der Waals surface area contributed by atoms with Crippen molar-refractivity contribution in [2.45, 2.75) is 71.4 Å². The molecular weight excluding hydrogens is 412 g/mol. The predicted molar refractivity (Wildman–Crippen MR) is 121 cm³/mol. The Balaban J connectivity index is 1.69. The van der Waals surface area contributed by atoms with Gasteiger partial charge in [-0.2, -0.15) is 5.10 Å². The minimum atomic E-state index is -0.707. The Labute approximate surface area is 185 Å². The zero-order chi connectivity index (χ0) is 22.0. The van der Waals surface area contributed by atoms with Crippen molar-refractivity contribution in [1.82, 2.24) is 20.3 Å². The highest BCUT2D eigenvalue weighted by molar-refractivity contribution is 7.15. The molecule has 1 saturated carbocycles. The average Bonchev–Trinajstić information content (AvgIpc) is 3.29. The molecule has 0 bridgehead atoms. The Bertz CT molecular complexity index is 1120. The van der Waals surface area contributed by atoms with Gasteiger partial charge in [-0.3, -0.25) is 9.59 Å². The number of carbonyl (C=O) groups is 1. The third kappa shape index (κ3) is 4.79. The molecule has 0 spiro atoms. The fraction of sp³-hybridized carbons (Fsp3) is 0.478. The third-order valence-electron chi connectivity index (χ3n) is 5.77. The van der Waals surface area contributed by atoms with Crippen molar-refractivity contribution < 1.29 is 9.32 Å². The number of hydrogen-bond donors (Lipinski definition) is 1. The summed E-state index contributed by atoms with van der Waals surface area (Å²) in [5.41, 5.74) is 1.58. The number of nitrogens with zero attached hydrogens (tertiary/aromatic N) is 3. The van der Waals surface area contributed by atoms with Gasteiger partial charge in [0.1, 0.15) is 11.7 Å². The SMILES string of the molecule is Cc1cc(-c2cc(=O)n([C@@H](C)C(=O)NC3CCCCCC3)nc2-c2ccc(C)s2)on1. The largest absolute Gasteiger partial charge is 0.356 e. The van der Waals surface area contributed by atoms with Crippen LogP contribution in [-0.2, 0) is 4.79 Å². The highest BCUT2D eigenvalue weighted by Gasteiger charge is 2.24. The topological polar surface area (TPSA) is 90.0 Å². The zero-order valence-electron chi connectivity index (χ0n) is 18.2. The summed E-state index contributed by atoms with van der Waals surface area (Å²) < 4.78 is 6.70. The fourth-order valence-electron chi connectivity index (χ4n) is 4.03. The van der Waals surface area contributed by atoms with Crippen LogP contribution in [0.3, 0.4) is 0 Å². The summed E-state index contributed by atoms with van der Waals surface area (Å²) in [6.07, 6.45) is 6.67. The van der Waals surface area contributed by atoms with E-state index in [2.05, 4.69) is 15.6 Å². The molecule has 0 aromatic carbocycles. The van der Waals surface area contributed by atoms with Crippen molar-refractivity contribution in [2.75, 3.05) is 0 Å². The van der Waals surface area contributed by atoms with Gasteiger partial charge in [-0.25, -0.2) is 4.68 Å². The Kier molecular flexibility index (Phi) is 6.36. The highest BCUT2D eigenvalue weighted by Crippen LogP contribution is 2.34. The van der Waals surface area contributed by atoms with Crippen LogP contribution in [0.5, 0.6) is 0 Å². The van der Waals surface area contributed by atoms with Crippen LogP contribution in [0.25, 0.3) is 21.9 Å². The Hall–Kier alpha value is -2.74. The van der Waals surface area contributed by atoms with Crippen LogP contribution in [0.2, 0.25) is 0 Å². The van der Waals surface area contributed by atoms with Crippen molar-refractivity contribution in [3.8, 4) is 21.9 Å². The first kappa shape index (κ1) is 21.5. The van der Waals surface area contributed by atoms with Crippen LogP contribution in [0.15, 0.2) is 33.6 Å². The van der Waals surface area contributed by atoms with Gasteiger partial charge in [0.05, 0.1) is 16.1 Å². The summed E-state index contributed by atoms with van der Waals surface area (Å²) >= 11 is 1.58. The summed E-state index contributed by atoms with van der Waals surface area (Å²) in [5.74, 6) is 0.323. The molecule has 0 saturated heterocycles. The first-order valence-electron chi connectivity index (χ1n) is 10.9. The number of amides is 1. The van der Waals surface area contributed by atoms with Crippen LogP contribution in [0.4, 0.5) is 0 Å². The molecule has 1 atom stereocenters. The molecule has 3 aromatic heterocycles. The molecule has 0 radical (unpaired) electrons. The van der Waals surface area contributed by atoms with Gasteiger partial charge in [0.15, 0.2) is 5.76 Å². The summed E-state index contributed by atoms with van der Waals surface area (Å²) in [4.78, 5) is 28.0. The van der Waals surface area contributed by atoms with Crippen molar-refractivity contribution in [3.05, 3.63) is 45.2 Å². The fourth-order valence-corrected chi connectivity index (χ4v) is 4.89. The third-order valence-corrected chi connectivity index (χ3v) is 6.78. The predicted octanol–water partition coefficient (Wildman–Crippen LogP) is 4.64. The van der Waals surface area contributed by atoms with Crippen molar-refractivity contribution in [2.24, 2.45) is 0 Å². The molecule has 31 heavy (non-hydrogen) atoms. The number of rotatable bonds is 5. The Morgan fingerprint density at radius 1 is 1.19 bits per heavy atom. The Morgan fingerprint density at radius 2 is 1.94 bits per heavy atom. The molecule has 3 heterocycles. The molecule has 0 aliphatic heterocycles. The van der Waals surface area contributed by atoms with E-state index in [0.29, 0.717) is 17.0 Å². The number of nitrogens with one attached hydrogen (secondary N) is 1. The van der Waals surface area contributed by atoms with E-state index in [9.17, 15) is 9.59 Å². The minimum Gasteiger partial charge on any atom is -0.356 e. The number of thiophene rings is 1. The van der Waals surface area contributed by atoms with Crippen LogP contribution in [0, 0.1) is 13.8 Å². The average molecular weight is 441 g/mol. The van der Waals surface area contributed by atoms with Crippen LogP contribution < -0.4 is 10.9 Å². The van der Waals surface area contributed by atoms with Gasteiger partial charge in [-0.05, 0) is 45.7 Å². The second-order valence-corrected chi connectivity index (χ2v) is 9.59. The van der Waals surface area contributed by atoms with E-state index in [4.69, 9.17) is 4.52 Å². The van der Waals surface area contributed by atoms with Gasteiger partial charge in [0, 0.05) is 23.1 Å². The molecule has 1 N–H and O–H groups in total. The normalized spacial score (nSPS) is 16.1. The van der Waals surface area contributed by atoms with Crippen LogP contribution in [0.1, 0.15) is 62.1 Å². The standard InChI is InChI=1S/C23H28N4O3S/c1-14-12-19(30-26-14)18-13-21(28)27(25-22(18)20-11-10-15(2)31-20)16(3)23(29)24-17-8-6-4-5-7-9-17/h10-13,16-17H,4-9H2,1-3H3,(H,24,29)/t16-/m0/s1. The highest BCUT2D eigenvalue weighted by atomic mass is 32.1. The molecule has 1 fully saturated rings. The number of aromatic nitrogens is 3. The van der Waals surface area contributed by atoms with E-state index in [1.807, 2.05) is 26.0 Å². The summed E-state index contributed by atoms with van der Waals surface area (Å²) in [6.45, 7) is 5.57. The van der Waals surface area contributed by atoms with Gasteiger partial charge in [0.25, 0.3) is 5.56 Å². The van der Waals surface area contributed by atoms with E-state index in [-0.39, 0.29) is 17.5 Å². The molecule has 1 aliphatic rings. The van der Waals surface area contributed by atoms with Gasteiger partial charge < -0.3 is 9.84 Å². The van der Waals surface area contributed by atoms with Crippen LogP contribution >= 0.6 is 11.3 Å². The minimum absolute atomic E-state index is 0.168. The van der Waals surface area contributed by atoms with E-state index in [0.717, 1.165) is 41.1 Å². The van der Waals surface area contributed by atoms with E-state index in [1.165, 1.54) is 23.6 Å². The molecule has 164 valence electrons. The molecule has 1 amide bonds. The molecule has 1 aliphatic carbocycles. The van der Waals surface area contributed by atoms with Crippen molar-refractivity contribution in [1.29, 1.82) is 0 Å². The van der Waals surface area contributed by atoms with Crippen molar-refractivity contribution >= 4 is 17.2 Å². The second kappa shape index (κ2) is 9.18. The maximum atomic E-state index is 13.0. The maximum absolute atomic E-state index is 13.0. The lowest BCUT2D eigenvalue weighted by atomic mass is 10.1. The summed E-state index contributed by atoms with van der Waals surface area (Å²) in [7, 11) is 0. The molecule has 4 rings (SSSR count). The Morgan fingerprint density at radius 3 is 2.55 bits per heavy atom. The van der Waals surface area contributed by atoms with Gasteiger partial charge in [-0.15, -0.1) is 11.3 Å². The van der Waals surface area contributed by atoms with Gasteiger partial charge in [0.2, 0.25) is 5.91 Å². The van der Waals surface area contributed by atoms with Gasteiger partial charge >= 0.3 is 0 Å². The second-order valence-electron chi connectivity index (χ2n) is 8.31. The lowest BCUT2D eigenvalue weighted by molar-refractivity contribution is -0.125. The van der Waals surface area contributed by atoms with Crippen LogP contribution in [-0.4, -0.2) is 26.9 Å². The number of aryl methyl sites for hydroxylation is 2. The first-order chi connectivity index (χ1) is 14.9. The van der Waals surface area contributed by atoms with E-state index >= 15 is 0 Å². The molecule has 0 unspecified atom stereocenters. The zero-order valence-corrected chi connectivity index (χ0v) is 19.0. The first-order valence-corrected chi connectivity index (χ1v) is 11.7. The lowest BCUT2D eigenvalue weighted by Crippen LogP contribution is -2.41. The smallest absolute Gasteiger partial charge is 0.268 e. The number of carbonyl (C=O) groups excluding carboxylic acids is 1. The molecule has 8 heteroatoms.